The van der Waals surface area contributed by atoms with Crippen LogP contribution in [0.25, 0.3) is 0 Å². The summed E-state index contributed by atoms with van der Waals surface area (Å²) >= 11 is 6.04. The molecule has 0 saturated carbocycles. The molecular weight excluding hydrogens is 374 g/mol. The lowest BCUT2D eigenvalue weighted by Crippen LogP contribution is -2.37. The zero-order valence-electron chi connectivity index (χ0n) is 14.6. The smallest absolute Gasteiger partial charge is 0.255 e. The van der Waals surface area contributed by atoms with Crippen molar-refractivity contribution in [3.8, 4) is 0 Å². The first kappa shape index (κ1) is 18.7. The number of pyridine rings is 1. The van der Waals surface area contributed by atoms with Crippen LogP contribution in [0, 0.1) is 6.92 Å². The van der Waals surface area contributed by atoms with Crippen LogP contribution in [0.1, 0.15) is 22.3 Å². The van der Waals surface area contributed by atoms with Gasteiger partial charge in [-0.1, -0.05) is 17.7 Å². The third kappa shape index (κ3) is 4.16. The van der Waals surface area contributed by atoms with Crippen molar-refractivity contribution >= 4 is 38.7 Å². The second kappa shape index (κ2) is 7.25. The van der Waals surface area contributed by atoms with E-state index in [9.17, 15) is 13.2 Å². The van der Waals surface area contributed by atoms with Crippen LogP contribution < -0.4 is 5.32 Å². The fraction of sp³-hybridized carbons (Fsp3) is 0.333. The van der Waals surface area contributed by atoms with Crippen molar-refractivity contribution in [2.75, 3.05) is 23.9 Å². The van der Waals surface area contributed by atoms with Crippen molar-refractivity contribution in [2.45, 2.75) is 19.4 Å². The number of halogens is 1. The second-order valence-electron chi connectivity index (χ2n) is 6.52. The molecule has 1 saturated heterocycles. The van der Waals surface area contributed by atoms with Crippen LogP contribution in [0.2, 0.25) is 5.02 Å². The number of amides is 1. The molecular formula is C18H20ClN3O3S. The lowest BCUT2D eigenvalue weighted by molar-refractivity contribution is 0.0747. The number of hydrogen-bond donors (Lipinski definition) is 1. The molecule has 1 unspecified atom stereocenters. The van der Waals surface area contributed by atoms with Gasteiger partial charge in [-0.3, -0.25) is 9.78 Å². The summed E-state index contributed by atoms with van der Waals surface area (Å²) in [6.45, 7) is 1.95. The topological polar surface area (TPSA) is 79.4 Å². The van der Waals surface area contributed by atoms with Crippen molar-refractivity contribution in [3.05, 3.63) is 52.8 Å². The summed E-state index contributed by atoms with van der Waals surface area (Å²) in [5.74, 6) is -0.100. The van der Waals surface area contributed by atoms with Crippen LogP contribution in [-0.2, 0) is 9.84 Å². The Morgan fingerprint density at radius 1 is 1.31 bits per heavy atom. The number of hydrogen-bond acceptors (Lipinski definition) is 5. The molecule has 0 spiro atoms. The van der Waals surface area contributed by atoms with Crippen molar-refractivity contribution < 1.29 is 13.2 Å². The summed E-state index contributed by atoms with van der Waals surface area (Å²) in [6, 6.07) is 6.93. The summed E-state index contributed by atoms with van der Waals surface area (Å²) in [4.78, 5) is 18.3. The Hall–Kier alpha value is -2.12. The molecule has 1 aromatic heterocycles. The Morgan fingerprint density at radius 3 is 2.77 bits per heavy atom. The third-order valence-electron chi connectivity index (χ3n) is 4.54. The molecule has 0 aliphatic carbocycles. The van der Waals surface area contributed by atoms with E-state index in [1.807, 2.05) is 19.1 Å². The molecule has 1 aromatic carbocycles. The van der Waals surface area contributed by atoms with Gasteiger partial charge >= 0.3 is 0 Å². The van der Waals surface area contributed by atoms with Crippen molar-refractivity contribution in [3.63, 3.8) is 0 Å². The van der Waals surface area contributed by atoms with Crippen LogP contribution >= 0.6 is 11.6 Å². The number of carbonyl (C=O) groups excluding carboxylic acids is 1. The molecule has 26 heavy (non-hydrogen) atoms. The summed E-state index contributed by atoms with van der Waals surface area (Å²) in [7, 11) is -1.41. The number of benzene rings is 1. The quantitative estimate of drug-likeness (QED) is 0.863. The van der Waals surface area contributed by atoms with E-state index < -0.39 is 9.84 Å². The van der Waals surface area contributed by atoms with Crippen molar-refractivity contribution in [1.82, 2.24) is 9.88 Å². The fourth-order valence-electron chi connectivity index (χ4n) is 2.96. The predicted octanol–water partition coefficient (Wildman–Crippen LogP) is 3.05. The normalized spacial score (nSPS) is 18.5. The van der Waals surface area contributed by atoms with E-state index in [0.717, 1.165) is 11.3 Å². The number of aromatic nitrogens is 1. The Kier molecular flexibility index (Phi) is 5.20. The summed E-state index contributed by atoms with van der Waals surface area (Å²) in [5.41, 5.74) is 2.91. The number of nitrogens with one attached hydrogen (secondary N) is 1. The van der Waals surface area contributed by atoms with Gasteiger partial charge in [0.2, 0.25) is 0 Å². The van der Waals surface area contributed by atoms with Gasteiger partial charge < -0.3 is 10.2 Å². The maximum absolute atomic E-state index is 12.7. The SMILES string of the molecule is Cc1ccc(Cl)cc1Nc1cncc(C(=O)N(C)C2CCS(=O)(=O)C2)c1. The molecule has 1 aliphatic rings. The standard InChI is InChI=1S/C18H20ClN3O3S/c1-12-3-4-14(19)8-17(12)21-15-7-13(9-20-10-15)18(23)22(2)16-5-6-26(24,25)11-16/h3-4,7-10,16,21H,5-6,11H2,1-2H3. The maximum atomic E-state index is 12.7. The number of sulfone groups is 1. The molecule has 0 bridgehead atoms. The average Bonchev–Trinajstić information content (AvgIpc) is 2.97. The van der Waals surface area contributed by atoms with Gasteiger partial charge in [-0.25, -0.2) is 8.42 Å². The van der Waals surface area contributed by atoms with Crippen LogP contribution in [-0.4, -0.2) is 48.8 Å². The first-order valence-corrected chi connectivity index (χ1v) is 10.4. The van der Waals surface area contributed by atoms with E-state index in [2.05, 4.69) is 10.3 Å². The molecule has 1 atom stereocenters. The van der Waals surface area contributed by atoms with E-state index in [1.165, 1.54) is 11.1 Å². The van der Waals surface area contributed by atoms with Gasteiger partial charge in [-0.05, 0) is 37.1 Å². The largest absolute Gasteiger partial charge is 0.354 e. The third-order valence-corrected chi connectivity index (χ3v) is 6.53. The van der Waals surface area contributed by atoms with E-state index in [0.29, 0.717) is 22.7 Å². The minimum absolute atomic E-state index is 0.0162. The Morgan fingerprint density at radius 2 is 2.08 bits per heavy atom. The fourth-order valence-corrected chi connectivity index (χ4v) is 4.91. The van der Waals surface area contributed by atoms with Gasteiger partial charge in [0.25, 0.3) is 5.91 Å². The average molecular weight is 394 g/mol. The molecule has 8 heteroatoms. The highest BCUT2D eigenvalue weighted by atomic mass is 35.5. The van der Waals surface area contributed by atoms with Crippen molar-refractivity contribution in [1.29, 1.82) is 0 Å². The van der Waals surface area contributed by atoms with E-state index in [-0.39, 0.29) is 23.5 Å². The van der Waals surface area contributed by atoms with Crippen LogP contribution in [0.4, 0.5) is 11.4 Å². The van der Waals surface area contributed by atoms with Crippen LogP contribution in [0.15, 0.2) is 36.7 Å². The molecule has 1 N–H and O–H groups in total. The Balaban J connectivity index is 1.78. The van der Waals surface area contributed by atoms with Gasteiger partial charge in [-0.15, -0.1) is 0 Å². The minimum atomic E-state index is -3.05. The first-order chi connectivity index (χ1) is 12.2. The number of carbonyl (C=O) groups is 1. The number of anilines is 2. The van der Waals surface area contributed by atoms with E-state index in [1.54, 1.807) is 25.4 Å². The van der Waals surface area contributed by atoms with E-state index >= 15 is 0 Å². The zero-order chi connectivity index (χ0) is 18.9. The van der Waals surface area contributed by atoms with Crippen molar-refractivity contribution in [2.24, 2.45) is 0 Å². The van der Waals surface area contributed by atoms with Crippen LogP contribution in [0.3, 0.4) is 0 Å². The lowest BCUT2D eigenvalue weighted by atomic mass is 10.1. The van der Waals surface area contributed by atoms with Gasteiger partial charge in [0.1, 0.15) is 0 Å². The highest BCUT2D eigenvalue weighted by Crippen LogP contribution is 2.25. The Bertz CT molecular complexity index is 946. The molecule has 1 fully saturated rings. The highest BCUT2D eigenvalue weighted by Gasteiger charge is 2.33. The highest BCUT2D eigenvalue weighted by molar-refractivity contribution is 7.91. The molecule has 0 radical (unpaired) electrons. The number of aryl methyl sites for hydroxylation is 1. The molecule has 138 valence electrons. The maximum Gasteiger partial charge on any atom is 0.255 e. The Labute approximate surface area is 158 Å². The summed E-state index contributed by atoms with van der Waals surface area (Å²) in [6.07, 6.45) is 3.58. The molecule has 3 rings (SSSR count). The molecule has 2 heterocycles. The second-order valence-corrected chi connectivity index (χ2v) is 9.18. The molecule has 2 aromatic rings. The number of rotatable bonds is 4. The molecule has 1 aliphatic heterocycles. The van der Waals surface area contributed by atoms with Crippen LogP contribution in [0.5, 0.6) is 0 Å². The zero-order valence-corrected chi connectivity index (χ0v) is 16.1. The minimum Gasteiger partial charge on any atom is -0.354 e. The lowest BCUT2D eigenvalue weighted by Gasteiger charge is -2.23. The summed E-state index contributed by atoms with van der Waals surface area (Å²) < 4.78 is 23.3. The first-order valence-electron chi connectivity index (χ1n) is 8.21. The monoisotopic (exact) mass is 393 g/mol. The van der Waals surface area contributed by atoms with Gasteiger partial charge in [0.05, 0.1) is 29.0 Å². The van der Waals surface area contributed by atoms with E-state index in [4.69, 9.17) is 11.6 Å². The molecule has 6 nitrogen and oxygen atoms in total. The number of nitrogens with zero attached hydrogens (tertiary/aromatic N) is 2. The summed E-state index contributed by atoms with van der Waals surface area (Å²) in [5, 5.41) is 3.83. The van der Waals surface area contributed by atoms with Gasteiger partial charge in [0.15, 0.2) is 9.84 Å². The molecule has 1 amide bonds. The predicted molar refractivity (Wildman–Crippen MR) is 103 cm³/mol. The van der Waals surface area contributed by atoms with Gasteiger partial charge in [-0.2, -0.15) is 0 Å². The van der Waals surface area contributed by atoms with Gasteiger partial charge in [0, 0.05) is 30.0 Å².